The summed E-state index contributed by atoms with van der Waals surface area (Å²) in [6, 6.07) is 7.17. The maximum atomic E-state index is 11.7. The van der Waals surface area contributed by atoms with Gasteiger partial charge in [-0.25, -0.2) is 0 Å². The molecule has 1 heterocycles. The Balaban J connectivity index is 1.82. The van der Waals surface area contributed by atoms with Gasteiger partial charge in [-0.3, -0.25) is 9.69 Å². The Morgan fingerprint density at radius 1 is 1.35 bits per heavy atom. The number of esters is 1. The van der Waals surface area contributed by atoms with E-state index in [0.717, 1.165) is 38.1 Å². The van der Waals surface area contributed by atoms with E-state index < -0.39 is 0 Å². The molecule has 0 N–H and O–H groups in total. The Bertz CT molecular complexity index is 435. The average Bonchev–Trinajstić information content (AvgIpc) is 2.49. The van der Waals surface area contributed by atoms with Gasteiger partial charge in [0, 0.05) is 11.6 Å². The average molecular weight is 298 g/mol. The van der Waals surface area contributed by atoms with Crippen LogP contribution in [-0.2, 0) is 9.53 Å². The fourth-order valence-electron chi connectivity index (χ4n) is 2.47. The molecule has 0 unspecified atom stereocenters. The van der Waals surface area contributed by atoms with E-state index in [9.17, 15) is 4.79 Å². The van der Waals surface area contributed by atoms with Crippen molar-refractivity contribution < 1.29 is 14.3 Å². The summed E-state index contributed by atoms with van der Waals surface area (Å²) in [7, 11) is 1.44. The van der Waals surface area contributed by atoms with Gasteiger partial charge in [-0.15, -0.1) is 0 Å². The van der Waals surface area contributed by atoms with Crippen molar-refractivity contribution in [2.75, 3.05) is 26.8 Å². The van der Waals surface area contributed by atoms with Crippen LogP contribution in [0.2, 0.25) is 5.02 Å². The number of rotatable bonds is 5. The first kappa shape index (κ1) is 15.1. The summed E-state index contributed by atoms with van der Waals surface area (Å²) >= 11 is 5.82. The van der Waals surface area contributed by atoms with Gasteiger partial charge >= 0.3 is 5.97 Å². The lowest BCUT2D eigenvalue weighted by atomic mass is 10.0. The van der Waals surface area contributed by atoms with Crippen LogP contribution in [0.15, 0.2) is 24.3 Å². The topological polar surface area (TPSA) is 38.8 Å². The van der Waals surface area contributed by atoms with Crippen molar-refractivity contribution in [2.45, 2.75) is 25.3 Å². The Morgan fingerprint density at radius 3 is 2.80 bits per heavy atom. The SMILES string of the molecule is COC(=O)[C@H]1CCCCN1CCOc1ccc(Cl)cc1. The first-order chi connectivity index (χ1) is 9.70. The van der Waals surface area contributed by atoms with Gasteiger partial charge in [0.05, 0.1) is 7.11 Å². The standard InChI is InChI=1S/C15H20ClNO3/c1-19-15(18)14-4-2-3-9-17(14)10-11-20-13-7-5-12(16)6-8-13/h5-8,14H,2-4,9-11H2,1H3/t14-/m1/s1. The molecular formula is C15H20ClNO3. The molecule has 1 aromatic carbocycles. The van der Waals surface area contributed by atoms with E-state index in [0.29, 0.717) is 11.6 Å². The van der Waals surface area contributed by atoms with E-state index in [1.807, 2.05) is 12.1 Å². The molecule has 110 valence electrons. The second-order valence-electron chi connectivity index (χ2n) is 4.87. The molecule has 1 atom stereocenters. The van der Waals surface area contributed by atoms with Crippen molar-refractivity contribution in [1.82, 2.24) is 4.90 Å². The molecule has 1 aliphatic rings. The molecule has 0 spiro atoms. The highest BCUT2D eigenvalue weighted by atomic mass is 35.5. The number of methoxy groups -OCH3 is 1. The Hall–Kier alpha value is -1.26. The third-order valence-corrected chi connectivity index (χ3v) is 3.80. The summed E-state index contributed by atoms with van der Waals surface area (Å²) in [6.07, 6.45) is 3.07. The number of benzene rings is 1. The van der Waals surface area contributed by atoms with Gasteiger partial charge in [-0.2, -0.15) is 0 Å². The largest absolute Gasteiger partial charge is 0.492 e. The van der Waals surface area contributed by atoms with Gasteiger partial charge in [-0.05, 0) is 43.7 Å². The molecule has 0 saturated carbocycles. The Morgan fingerprint density at radius 2 is 2.10 bits per heavy atom. The van der Waals surface area contributed by atoms with Gasteiger partial charge in [0.15, 0.2) is 0 Å². The number of hydrogen-bond acceptors (Lipinski definition) is 4. The second-order valence-corrected chi connectivity index (χ2v) is 5.31. The van der Waals surface area contributed by atoms with Crippen molar-refractivity contribution in [3.63, 3.8) is 0 Å². The number of carbonyl (C=O) groups excluding carboxylic acids is 1. The summed E-state index contributed by atoms with van der Waals surface area (Å²) in [4.78, 5) is 13.9. The molecule has 1 aliphatic heterocycles. The van der Waals surface area contributed by atoms with Crippen molar-refractivity contribution in [1.29, 1.82) is 0 Å². The minimum absolute atomic E-state index is 0.123. The number of nitrogens with zero attached hydrogens (tertiary/aromatic N) is 1. The number of piperidine rings is 1. The van der Waals surface area contributed by atoms with Crippen LogP contribution < -0.4 is 4.74 Å². The van der Waals surface area contributed by atoms with E-state index in [-0.39, 0.29) is 12.0 Å². The minimum atomic E-state index is -0.142. The molecule has 20 heavy (non-hydrogen) atoms. The molecule has 0 bridgehead atoms. The zero-order valence-corrected chi connectivity index (χ0v) is 12.4. The molecule has 0 radical (unpaired) electrons. The normalized spacial score (nSPS) is 19.6. The van der Waals surface area contributed by atoms with E-state index in [1.54, 1.807) is 12.1 Å². The monoisotopic (exact) mass is 297 g/mol. The van der Waals surface area contributed by atoms with Crippen LogP contribution in [0.25, 0.3) is 0 Å². The molecule has 2 rings (SSSR count). The predicted molar refractivity (Wildman–Crippen MR) is 78.2 cm³/mol. The molecule has 4 nitrogen and oxygen atoms in total. The molecule has 1 aromatic rings. The molecular weight excluding hydrogens is 278 g/mol. The van der Waals surface area contributed by atoms with Gasteiger partial charge in [-0.1, -0.05) is 18.0 Å². The van der Waals surface area contributed by atoms with Gasteiger partial charge in [0.25, 0.3) is 0 Å². The maximum absolute atomic E-state index is 11.7. The Kier molecular flexibility index (Phi) is 5.68. The number of carbonyl (C=O) groups is 1. The highest BCUT2D eigenvalue weighted by Gasteiger charge is 2.28. The fraction of sp³-hybridized carbons (Fsp3) is 0.533. The lowest BCUT2D eigenvalue weighted by molar-refractivity contribution is -0.148. The number of ether oxygens (including phenoxy) is 2. The summed E-state index contributed by atoms with van der Waals surface area (Å²) in [6.45, 7) is 2.20. The van der Waals surface area contributed by atoms with Crippen LogP contribution in [0.1, 0.15) is 19.3 Å². The van der Waals surface area contributed by atoms with E-state index in [1.165, 1.54) is 7.11 Å². The third kappa shape index (κ3) is 4.12. The summed E-state index contributed by atoms with van der Waals surface area (Å²) < 4.78 is 10.5. The van der Waals surface area contributed by atoms with Gasteiger partial charge in [0.1, 0.15) is 18.4 Å². The molecule has 0 aliphatic carbocycles. The van der Waals surface area contributed by atoms with Gasteiger partial charge < -0.3 is 9.47 Å². The molecule has 1 fully saturated rings. The second kappa shape index (κ2) is 7.50. The maximum Gasteiger partial charge on any atom is 0.323 e. The predicted octanol–water partition coefficient (Wildman–Crippen LogP) is 2.75. The van der Waals surface area contributed by atoms with Crippen molar-refractivity contribution >= 4 is 17.6 Å². The van der Waals surface area contributed by atoms with Crippen LogP contribution in [0.3, 0.4) is 0 Å². The van der Waals surface area contributed by atoms with Crippen molar-refractivity contribution in [3.05, 3.63) is 29.3 Å². The van der Waals surface area contributed by atoms with Crippen LogP contribution in [0, 0.1) is 0 Å². The van der Waals surface area contributed by atoms with Crippen LogP contribution in [0.4, 0.5) is 0 Å². The number of likely N-dealkylation sites (tertiary alicyclic amines) is 1. The van der Waals surface area contributed by atoms with Gasteiger partial charge in [0.2, 0.25) is 0 Å². The summed E-state index contributed by atoms with van der Waals surface area (Å²) in [5, 5.41) is 0.694. The highest BCUT2D eigenvalue weighted by molar-refractivity contribution is 6.30. The molecule has 0 aromatic heterocycles. The van der Waals surface area contributed by atoms with E-state index in [4.69, 9.17) is 21.1 Å². The lowest BCUT2D eigenvalue weighted by Crippen LogP contribution is -2.46. The highest BCUT2D eigenvalue weighted by Crippen LogP contribution is 2.19. The van der Waals surface area contributed by atoms with Crippen LogP contribution in [0.5, 0.6) is 5.75 Å². The molecule has 0 amide bonds. The van der Waals surface area contributed by atoms with E-state index >= 15 is 0 Å². The third-order valence-electron chi connectivity index (χ3n) is 3.55. The quantitative estimate of drug-likeness (QED) is 0.784. The summed E-state index contributed by atoms with van der Waals surface area (Å²) in [5.74, 6) is 0.650. The first-order valence-electron chi connectivity index (χ1n) is 6.91. The first-order valence-corrected chi connectivity index (χ1v) is 7.29. The zero-order chi connectivity index (χ0) is 14.4. The fourth-order valence-corrected chi connectivity index (χ4v) is 2.60. The molecule has 5 heteroatoms. The number of halogens is 1. The summed E-state index contributed by atoms with van der Waals surface area (Å²) in [5.41, 5.74) is 0. The van der Waals surface area contributed by atoms with Crippen molar-refractivity contribution in [3.8, 4) is 5.75 Å². The number of hydrogen-bond donors (Lipinski definition) is 0. The van der Waals surface area contributed by atoms with Crippen molar-refractivity contribution in [2.24, 2.45) is 0 Å². The van der Waals surface area contributed by atoms with Crippen LogP contribution in [-0.4, -0.2) is 43.7 Å². The minimum Gasteiger partial charge on any atom is -0.492 e. The smallest absolute Gasteiger partial charge is 0.323 e. The van der Waals surface area contributed by atoms with Crippen LogP contribution >= 0.6 is 11.6 Å². The Labute approximate surface area is 124 Å². The zero-order valence-electron chi connectivity index (χ0n) is 11.7. The van der Waals surface area contributed by atoms with E-state index in [2.05, 4.69) is 4.90 Å². The lowest BCUT2D eigenvalue weighted by Gasteiger charge is -2.33. The molecule has 1 saturated heterocycles.